The molecule has 0 saturated heterocycles. The van der Waals surface area contributed by atoms with Crippen molar-refractivity contribution in [3.8, 4) is 11.3 Å². The Kier molecular flexibility index (Phi) is 3.80. The van der Waals surface area contributed by atoms with Gasteiger partial charge < -0.3 is 5.11 Å². The van der Waals surface area contributed by atoms with E-state index in [0.717, 1.165) is 46.2 Å². The summed E-state index contributed by atoms with van der Waals surface area (Å²) in [5.74, 6) is 0. The van der Waals surface area contributed by atoms with E-state index in [1.54, 1.807) is 15.9 Å². The third kappa shape index (κ3) is 2.34. The van der Waals surface area contributed by atoms with E-state index in [9.17, 15) is 5.11 Å². The molecule has 0 radical (unpaired) electrons. The standard InChI is InChI=1S/C15H17N3OS/c1-2-3-9-13-17-18-12(10-19)14(16-15(18)20-13)11-7-5-4-6-8-11/h4-8,19H,2-3,9-10H2,1H3. The summed E-state index contributed by atoms with van der Waals surface area (Å²) in [6, 6.07) is 9.93. The number of rotatable bonds is 5. The SMILES string of the molecule is CCCCc1nn2c(CO)c(-c3ccccc3)nc2s1. The number of benzene rings is 1. The number of nitrogens with zero attached hydrogens (tertiary/aromatic N) is 3. The van der Waals surface area contributed by atoms with Crippen LogP contribution in [0.2, 0.25) is 0 Å². The highest BCUT2D eigenvalue weighted by Gasteiger charge is 2.16. The largest absolute Gasteiger partial charge is 0.390 e. The lowest BCUT2D eigenvalue weighted by Gasteiger charge is -2.00. The maximum Gasteiger partial charge on any atom is 0.213 e. The Morgan fingerprint density at radius 1 is 1.25 bits per heavy atom. The van der Waals surface area contributed by atoms with Crippen molar-refractivity contribution in [1.82, 2.24) is 14.6 Å². The lowest BCUT2D eigenvalue weighted by Crippen LogP contribution is -1.96. The molecule has 0 bridgehead atoms. The number of aryl methyl sites for hydroxylation is 1. The van der Waals surface area contributed by atoms with Crippen LogP contribution in [0.25, 0.3) is 16.2 Å². The summed E-state index contributed by atoms with van der Waals surface area (Å²) in [5.41, 5.74) is 2.61. The number of fused-ring (bicyclic) bond motifs is 1. The van der Waals surface area contributed by atoms with Crippen LogP contribution < -0.4 is 0 Å². The van der Waals surface area contributed by atoms with Crippen LogP contribution >= 0.6 is 11.3 Å². The first-order valence-electron chi connectivity index (χ1n) is 6.87. The van der Waals surface area contributed by atoms with Crippen LogP contribution in [0.1, 0.15) is 30.5 Å². The number of aromatic nitrogens is 3. The minimum absolute atomic E-state index is 0.0532. The van der Waals surface area contributed by atoms with Gasteiger partial charge in [0.1, 0.15) is 5.01 Å². The van der Waals surface area contributed by atoms with Gasteiger partial charge in [-0.15, -0.1) is 0 Å². The Bertz CT molecular complexity index is 703. The van der Waals surface area contributed by atoms with Gasteiger partial charge in [-0.3, -0.25) is 0 Å². The minimum Gasteiger partial charge on any atom is -0.390 e. The Morgan fingerprint density at radius 3 is 2.75 bits per heavy atom. The molecule has 0 atom stereocenters. The van der Waals surface area contributed by atoms with E-state index < -0.39 is 0 Å². The van der Waals surface area contributed by atoms with Gasteiger partial charge in [-0.05, 0) is 6.42 Å². The molecule has 104 valence electrons. The minimum atomic E-state index is -0.0532. The van der Waals surface area contributed by atoms with Crippen LogP contribution in [0.5, 0.6) is 0 Å². The molecule has 0 aliphatic heterocycles. The van der Waals surface area contributed by atoms with Gasteiger partial charge in [0, 0.05) is 12.0 Å². The highest BCUT2D eigenvalue weighted by Crippen LogP contribution is 2.27. The van der Waals surface area contributed by atoms with Gasteiger partial charge in [0.2, 0.25) is 4.96 Å². The van der Waals surface area contributed by atoms with E-state index in [-0.39, 0.29) is 6.61 Å². The maximum atomic E-state index is 9.66. The van der Waals surface area contributed by atoms with E-state index in [0.29, 0.717) is 0 Å². The van der Waals surface area contributed by atoms with E-state index in [2.05, 4.69) is 17.0 Å². The molecule has 20 heavy (non-hydrogen) atoms. The molecule has 3 aromatic rings. The normalized spacial score (nSPS) is 11.3. The van der Waals surface area contributed by atoms with Crippen molar-refractivity contribution in [2.75, 3.05) is 0 Å². The highest BCUT2D eigenvalue weighted by molar-refractivity contribution is 7.16. The molecule has 0 saturated carbocycles. The first-order chi connectivity index (χ1) is 9.83. The number of imidazole rings is 1. The summed E-state index contributed by atoms with van der Waals surface area (Å²) in [7, 11) is 0. The quantitative estimate of drug-likeness (QED) is 0.783. The third-order valence-electron chi connectivity index (χ3n) is 3.28. The average Bonchev–Trinajstić information content (AvgIpc) is 3.02. The van der Waals surface area contributed by atoms with Gasteiger partial charge >= 0.3 is 0 Å². The van der Waals surface area contributed by atoms with Gasteiger partial charge in [-0.25, -0.2) is 9.50 Å². The molecule has 0 fully saturated rings. The molecule has 0 spiro atoms. The summed E-state index contributed by atoms with van der Waals surface area (Å²) < 4.78 is 1.79. The number of hydrogen-bond donors (Lipinski definition) is 1. The van der Waals surface area contributed by atoms with Gasteiger partial charge in [0.25, 0.3) is 0 Å². The lowest BCUT2D eigenvalue weighted by molar-refractivity contribution is 0.275. The molecule has 2 heterocycles. The molecule has 4 nitrogen and oxygen atoms in total. The fourth-order valence-corrected chi connectivity index (χ4v) is 3.18. The van der Waals surface area contributed by atoms with Crippen molar-refractivity contribution in [3.63, 3.8) is 0 Å². The molecular formula is C15H17N3OS. The second-order valence-corrected chi connectivity index (χ2v) is 5.77. The van der Waals surface area contributed by atoms with Crippen LogP contribution in [0.15, 0.2) is 30.3 Å². The van der Waals surface area contributed by atoms with Crippen LogP contribution in [-0.4, -0.2) is 19.7 Å². The van der Waals surface area contributed by atoms with E-state index in [1.807, 2.05) is 30.3 Å². The monoisotopic (exact) mass is 287 g/mol. The maximum absolute atomic E-state index is 9.66. The van der Waals surface area contributed by atoms with Crippen molar-refractivity contribution >= 4 is 16.3 Å². The predicted molar refractivity (Wildman–Crippen MR) is 80.8 cm³/mol. The second-order valence-electron chi connectivity index (χ2n) is 4.72. The lowest BCUT2D eigenvalue weighted by atomic mass is 10.1. The van der Waals surface area contributed by atoms with E-state index in [4.69, 9.17) is 0 Å². The summed E-state index contributed by atoms with van der Waals surface area (Å²) >= 11 is 1.61. The summed E-state index contributed by atoms with van der Waals surface area (Å²) in [6.45, 7) is 2.12. The number of aliphatic hydroxyl groups is 1. The molecule has 1 aromatic carbocycles. The predicted octanol–water partition coefficient (Wildman–Crippen LogP) is 3.29. The fraction of sp³-hybridized carbons (Fsp3) is 0.333. The summed E-state index contributed by atoms with van der Waals surface area (Å²) in [6.07, 6.45) is 3.27. The highest BCUT2D eigenvalue weighted by atomic mass is 32.1. The Hall–Kier alpha value is -1.72. The Balaban J connectivity index is 2.05. The second kappa shape index (κ2) is 5.73. The molecule has 1 N–H and O–H groups in total. The van der Waals surface area contributed by atoms with Crippen LogP contribution in [-0.2, 0) is 13.0 Å². The van der Waals surface area contributed by atoms with Crippen LogP contribution in [0, 0.1) is 0 Å². The van der Waals surface area contributed by atoms with Crippen molar-refractivity contribution in [3.05, 3.63) is 41.0 Å². The number of aliphatic hydroxyl groups excluding tert-OH is 1. The molecule has 3 rings (SSSR count). The smallest absolute Gasteiger partial charge is 0.213 e. The topological polar surface area (TPSA) is 50.4 Å². The summed E-state index contributed by atoms with van der Waals surface area (Å²) in [4.78, 5) is 5.50. The first-order valence-corrected chi connectivity index (χ1v) is 7.68. The molecule has 0 aliphatic carbocycles. The third-order valence-corrected chi connectivity index (χ3v) is 4.25. The van der Waals surface area contributed by atoms with E-state index in [1.165, 1.54) is 0 Å². The van der Waals surface area contributed by atoms with Gasteiger partial charge in [0.05, 0.1) is 18.0 Å². The zero-order valence-electron chi connectivity index (χ0n) is 11.4. The van der Waals surface area contributed by atoms with Gasteiger partial charge in [0.15, 0.2) is 0 Å². The Labute approximate surface area is 121 Å². The van der Waals surface area contributed by atoms with Crippen LogP contribution in [0.4, 0.5) is 0 Å². The summed E-state index contributed by atoms with van der Waals surface area (Å²) in [5, 5.41) is 15.3. The van der Waals surface area contributed by atoms with Crippen molar-refractivity contribution in [2.24, 2.45) is 0 Å². The van der Waals surface area contributed by atoms with Gasteiger partial charge in [-0.1, -0.05) is 55.0 Å². The fourth-order valence-electron chi connectivity index (χ4n) is 2.23. The molecule has 0 amide bonds. The molecular weight excluding hydrogens is 270 g/mol. The molecule has 0 aliphatic rings. The van der Waals surface area contributed by atoms with Crippen LogP contribution in [0.3, 0.4) is 0 Å². The van der Waals surface area contributed by atoms with Crippen molar-refractivity contribution in [2.45, 2.75) is 32.8 Å². The molecule has 2 aromatic heterocycles. The Morgan fingerprint density at radius 2 is 2.05 bits per heavy atom. The number of unbranched alkanes of at least 4 members (excludes halogenated alkanes) is 1. The zero-order valence-corrected chi connectivity index (χ0v) is 12.2. The van der Waals surface area contributed by atoms with Crippen molar-refractivity contribution in [1.29, 1.82) is 0 Å². The number of hydrogen-bond acceptors (Lipinski definition) is 4. The van der Waals surface area contributed by atoms with Gasteiger partial charge in [-0.2, -0.15) is 5.10 Å². The zero-order chi connectivity index (χ0) is 13.9. The molecule has 0 unspecified atom stereocenters. The average molecular weight is 287 g/mol. The molecule has 5 heteroatoms. The van der Waals surface area contributed by atoms with E-state index >= 15 is 0 Å². The van der Waals surface area contributed by atoms with Crippen molar-refractivity contribution < 1.29 is 5.11 Å². The first kappa shape index (κ1) is 13.3.